The second-order valence-electron chi connectivity index (χ2n) is 7.03. The second kappa shape index (κ2) is 6.02. The maximum absolute atomic E-state index is 11.3. The van der Waals surface area contributed by atoms with Crippen molar-refractivity contribution < 1.29 is 9.90 Å². The fraction of sp³-hybridized carbons (Fsp3) is 0.938. The van der Waals surface area contributed by atoms with E-state index in [4.69, 9.17) is 0 Å². The highest BCUT2D eigenvalue weighted by atomic mass is 16.4. The largest absolute Gasteiger partial charge is 0.480 e. The normalized spacial score (nSPS) is 31.6. The number of rotatable bonds is 5. The molecule has 0 aromatic heterocycles. The maximum Gasteiger partial charge on any atom is 0.320 e. The van der Waals surface area contributed by atoms with E-state index in [2.05, 4.69) is 16.7 Å². The molecule has 0 spiro atoms. The molecule has 0 aromatic carbocycles. The number of carboxylic acids is 1. The summed E-state index contributed by atoms with van der Waals surface area (Å²) < 4.78 is 0. The molecule has 3 fully saturated rings. The predicted molar refractivity (Wildman–Crippen MR) is 78.8 cm³/mol. The van der Waals surface area contributed by atoms with E-state index in [1.165, 1.54) is 19.3 Å². The fourth-order valence-electron chi connectivity index (χ4n) is 4.13. The second-order valence-corrected chi connectivity index (χ2v) is 7.03. The Hall–Kier alpha value is -0.610. The van der Waals surface area contributed by atoms with Gasteiger partial charge in [-0.25, -0.2) is 0 Å². The van der Waals surface area contributed by atoms with Crippen molar-refractivity contribution in [3.8, 4) is 0 Å². The van der Waals surface area contributed by atoms with Crippen LogP contribution >= 0.6 is 0 Å². The summed E-state index contributed by atoms with van der Waals surface area (Å²) in [5.74, 6) is 0.379. The van der Waals surface area contributed by atoms with E-state index in [1.807, 2.05) is 0 Å². The molecule has 0 aromatic rings. The Morgan fingerprint density at radius 2 is 1.85 bits per heavy atom. The smallest absolute Gasteiger partial charge is 0.320 e. The minimum absolute atomic E-state index is 0.213. The van der Waals surface area contributed by atoms with Crippen LogP contribution in [0.1, 0.15) is 51.9 Å². The lowest BCUT2D eigenvalue weighted by atomic mass is 9.99. The predicted octanol–water partition coefficient (Wildman–Crippen LogP) is 2.19. The van der Waals surface area contributed by atoms with Crippen LogP contribution in [0, 0.1) is 5.92 Å². The summed E-state index contributed by atoms with van der Waals surface area (Å²) in [6.07, 6.45) is 8.44. The summed E-state index contributed by atoms with van der Waals surface area (Å²) in [7, 11) is 0. The van der Waals surface area contributed by atoms with E-state index in [9.17, 15) is 9.90 Å². The van der Waals surface area contributed by atoms with Crippen molar-refractivity contribution >= 4 is 5.97 Å². The minimum atomic E-state index is -0.618. The average Bonchev–Trinajstić information content (AvgIpc) is 3.11. The molecule has 20 heavy (non-hydrogen) atoms. The van der Waals surface area contributed by atoms with E-state index in [-0.39, 0.29) is 6.04 Å². The topological polar surface area (TPSA) is 43.8 Å². The molecular formula is C16H28N2O2. The van der Waals surface area contributed by atoms with Crippen LogP contribution in [-0.4, -0.2) is 58.6 Å². The Labute approximate surface area is 122 Å². The molecule has 1 saturated carbocycles. The van der Waals surface area contributed by atoms with Crippen molar-refractivity contribution in [2.45, 2.75) is 70.0 Å². The maximum atomic E-state index is 11.3. The quantitative estimate of drug-likeness (QED) is 0.838. The van der Waals surface area contributed by atoms with Crippen LogP contribution in [0.5, 0.6) is 0 Å². The van der Waals surface area contributed by atoms with E-state index < -0.39 is 5.97 Å². The number of nitrogens with zero attached hydrogens (tertiary/aromatic N) is 2. The zero-order valence-electron chi connectivity index (χ0n) is 12.6. The first-order valence-electron chi connectivity index (χ1n) is 8.37. The van der Waals surface area contributed by atoms with Crippen LogP contribution in [0.3, 0.4) is 0 Å². The van der Waals surface area contributed by atoms with Gasteiger partial charge in [-0.2, -0.15) is 0 Å². The molecule has 3 aliphatic rings. The lowest BCUT2D eigenvalue weighted by Gasteiger charge is -2.40. The Bertz CT molecular complexity index is 348. The van der Waals surface area contributed by atoms with Crippen LogP contribution in [0.15, 0.2) is 0 Å². The zero-order valence-corrected chi connectivity index (χ0v) is 12.6. The first kappa shape index (κ1) is 14.3. The number of aliphatic carboxylic acids is 1. The van der Waals surface area contributed by atoms with Crippen molar-refractivity contribution in [1.29, 1.82) is 0 Å². The molecule has 1 aliphatic carbocycles. The van der Waals surface area contributed by atoms with Crippen molar-refractivity contribution in [1.82, 2.24) is 9.80 Å². The van der Waals surface area contributed by atoms with Gasteiger partial charge in [0.05, 0.1) is 0 Å². The van der Waals surface area contributed by atoms with Gasteiger partial charge in [0, 0.05) is 12.1 Å². The van der Waals surface area contributed by atoms with E-state index in [1.54, 1.807) is 0 Å². The van der Waals surface area contributed by atoms with Gasteiger partial charge < -0.3 is 10.0 Å². The monoisotopic (exact) mass is 280 g/mol. The van der Waals surface area contributed by atoms with Gasteiger partial charge in [0.15, 0.2) is 0 Å². The van der Waals surface area contributed by atoms with Gasteiger partial charge in [-0.1, -0.05) is 12.8 Å². The summed E-state index contributed by atoms with van der Waals surface area (Å²) in [5.41, 5.74) is 0. The third kappa shape index (κ3) is 3.17. The SMILES string of the molecule is CC(CC1CC1)N1CCC(N2CCCC2C(=O)O)CC1. The van der Waals surface area contributed by atoms with Crippen molar-refractivity contribution in [2.24, 2.45) is 5.92 Å². The molecule has 1 N–H and O–H groups in total. The van der Waals surface area contributed by atoms with Crippen molar-refractivity contribution in [3.63, 3.8) is 0 Å². The Morgan fingerprint density at radius 1 is 1.15 bits per heavy atom. The Kier molecular flexibility index (Phi) is 4.32. The third-order valence-corrected chi connectivity index (χ3v) is 5.54. The molecular weight excluding hydrogens is 252 g/mol. The molecule has 0 amide bonds. The van der Waals surface area contributed by atoms with Crippen molar-refractivity contribution in [3.05, 3.63) is 0 Å². The van der Waals surface area contributed by atoms with Crippen molar-refractivity contribution in [2.75, 3.05) is 19.6 Å². The minimum Gasteiger partial charge on any atom is -0.480 e. The molecule has 4 heteroatoms. The highest BCUT2D eigenvalue weighted by molar-refractivity contribution is 5.73. The number of carboxylic acid groups (broad SMARTS) is 1. The van der Waals surface area contributed by atoms with Crippen LogP contribution in [-0.2, 0) is 4.79 Å². The Balaban J connectivity index is 1.48. The van der Waals surface area contributed by atoms with Crippen LogP contribution in [0.4, 0.5) is 0 Å². The lowest BCUT2D eigenvalue weighted by molar-refractivity contribution is -0.143. The number of hydrogen-bond donors (Lipinski definition) is 1. The van der Waals surface area contributed by atoms with Gasteiger partial charge >= 0.3 is 5.97 Å². The number of hydrogen-bond acceptors (Lipinski definition) is 3. The van der Waals surface area contributed by atoms with Gasteiger partial charge in [-0.3, -0.25) is 9.69 Å². The highest BCUT2D eigenvalue weighted by Gasteiger charge is 2.37. The molecule has 2 atom stereocenters. The average molecular weight is 280 g/mol. The first-order chi connectivity index (χ1) is 9.65. The highest BCUT2D eigenvalue weighted by Crippen LogP contribution is 2.35. The molecule has 2 unspecified atom stereocenters. The first-order valence-corrected chi connectivity index (χ1v) is 8.37. The third-order valence-electron chi connectivity index (χ3n) is 5.54. The van der Waals surface area contributed by atoms with Gasteiger partial charge in [0.25, 0.3) is 0 Å². The molecule has 2 saturated heterocycles. The molecule has 0 bridgehead atoms. The summed E-state index contributed by atoms with van der Waals surface area (Å²) in [6.45, 7) is 5.66. The van der Waals surface area contributed by atoms with E-state index in [0.29, 0.717) is 6.04 Å². The zero-order chi connectivity index (χ0) is 14.1. The number of carbonyl (C=O) groups is 1. The molecule has 0 radical (unpaired) electrons. The van der Waals surface area contributed by atoms with Gasteiger partial charge in [0.1, 0.15) is 6.04 Å². The lowest BCUT2D eigenvalue weighted by Crippen LogP contribution is -2.50. The van der Waals surface area contributed by atoms with Crippen LogP contribution < -0.4 is 0 Å². The Morgan fingerprint density at radius 3 is 2.45 bits per heavy atom. The molecule has 4 nitrogen and oxygen atoms in total. The van der Waals surface area contributed by atoms with E-state index in [0.717, 1.165) is 57.3 Å². The summed E-state index contributed by atoms with van der Waals surface area (Å²) in [6, 6.07) is 1.01. The number of piperidine rings is 1. The molecule has 2 heterocycles. The van der Waals surface area contributed by atoms with Gasteiger partial charge in [-0.15, -0.1) is 0 Å². The molecule has 114 valence electrons. The fourth-order valence-corrected chi connectivity index (χ4v) is 4.13. The number of likely N-dealkylation sites (tertiary alicyclic amines) is 2. The summed E-state index contributed by atoms with van der Waals surface area (Å²) in [5, 5.41) is 9.31. The van der Waals surface area contributed by atoms with Crippen LogP contribution in [0.25, 0.3) is 0 Å². The standard InChI is InChI=1S/C16H28N2O2/c1-12(11-13-4-5-13)17-9-6-14(7-10-17)18-8-2-3-15(18)16(19)20/h12-15H,2-11H2,1H3,(H,19,20). The molecule has 3 rings (SSSR count). The van der Waals surface area contributed by atoms with Gasteiger partial charge in [-0.05, 0) is 64.6 Å². The summed E-state index contributed by atoms with van der Waals surface area (Å²) in [4.78, 5) is 16.2. The summed E-state index contributed by atoms with van der Waals surface area (Å²) >= 11 is 0. The van der Waals surface area contributed by atoms with Crippen LogP contribution in [0.2, 0.25) is 0 Å². The van der Waals surface area contributed by atoms with Gasteiger partial charge in [0.2, 0.25) is 0 Å². The molecule has 2 aliphatic heterocycles. The van der Waals surface area contributed by atoms with E-state index >= 15 is 0 Å².